The van der Waals surface area contributed by atoms with Crippen molar-refractivity contribution in [2.45, 2.75) is 13.8 Å². The molecule has 0 atom stereocenters. The molecule has 0 heterocycles. The number of allylic oxidation sites excluding steroid dienone is 3. The molecule has 1 heteroatoms. The molecule has 0 unspecified atom stereocenters. The SMILES string of the molecule is C=CC(C)=C[C](C)=[V]. The topological polar surface area (TPSA) is 0 Å². The summed E-state index contributed by atoms with van der Waals surface area (Å²) in [5, 5.41) is 0. The zero-order valence-corrected chi connectivity index (χ0v) is 6.71. The van der Waals surface area contributed by atoms with Gasteiger partial charge in [0.25, 0.3) is 0 Å². The summed E-state index contributed by atoms with van der Waals surface area (Å²) in [4.78, 5) is 0. The van der Waals surface area contributed by atoms with Gasteiger partial charge in [0.15, 0.2) is 0 Å². The van der Waals surface area contributed by atoms with E-state index in [1.165, 1.54) is 9.80 Å². The summed E-state index contributed by atoms with van der Waals surface area (Å²) < 4.78 is 1.26. The van der Waals surface area contributed by atoms with E-state index in [-0.39, 0.29) is 0 Å². The van der Waals surface area contributed by atoms with Gasteiger partial charge in [-0.15, -0.1) is 0 Å². The number of hydrogen-bond acceptors (Lipinski definition) is 0. The van der Waals surface area contributed by atoms with Crippen LogP contribution in [0.1, 0.15) is 13.8 Å². The van der Waals surface area contributed by atoms with Crippen LogP contribution >= 0.6 is 0 Å². The molecule has 0 nitrogen and oxygen atoms in total. The Morgan fingerprint density at radius 1 is 1.50 bits per heavy atom. The van der Waals surface area contributed by atoms with Crippen LogP contribution in [0.3, 0.4) is 0 Å². The van der Waals surface area contributed by atoms with Crippen LogP contribution in [0.5, 0.6) is 0 Å². The summed E-state index contributed by atoms with van der Waals surface area (Å²) in [5.74, 6) is 0. The second-order valence-corrected chi connectivity index (χ2v) is 2.84. The van der Waals surface area contributed by atoms with Gasteiger partial charge in [-0.2, -0.15) is 0 Å². The van der Waals surface area contributed by atoms with E-state index < -0.39 is 0 Å². The van der Waals surface area contributed by atoms with E-state index in [9.17, 15) is 0 Å². The summed E-state index contributed by atoms with van der Waals surface area (Å²) in [6, 6.07) is 0. The summed E-state index contributed by atoms with van der Waals surface area (Å²) >= 11 is 2.49. The van der Waals surface area contributed by atoms with Gasteiger partial charge >= 0.3 is 59.4 Å². The Labute approximate surface area is 59.8 Å². The second-order valence-electron chi connectivity index (χ2n) is 1.73. The van der Waals surface area contributed by atoms with Gasteiger partial charge < -0.3 is 0 Å². The Kier molecular flexibility index (Phi) is 3.85. The van der Waals surface area contributed by atoms with E-state index in [0.29, 0.717) is 0 Å². The van der Waals surface area contributed by atoms with Crippen LogP contribution < -0.4 is 0 Å². The number of hydrogen-bond donors (Lipinski definition) is 0. The third-order valence-electron chi connectivity index (χ3n) is 0.759. The van der Waals surface area contributed by atoms with E-state index in [0.717, 1.165) is 0 Å². The predicted molar refractivity (Wildman–Crippen MR) is 34.6 cm³/mol. The predicted octanol–water partition coefficient (Wildman–Crippen LogP) is 1.86. The normalized spacial score (nSPS) is 10.9. The maximum atomic E-state index is 3.63. The Bertz CT molecular complexity index is 131. The molecular formula is C7H10V. The van der Waals surface area contributed by atoms with Crippen molar-refractivity contribution in [1.82, 2.24) is 0 Å². The van der Waals surface area contributed by atoms with Crippen molar-refractivity contribution >= 4 is 4.23 Å². The summed E-state index contributed by atoms with van der Waals surface area (Å²) in [7, 11) is 0. The van der Waals surface area contributed by atoms with Crippen LogP contribution in [0.25, 0.3) is 0 Å². The zero-order valence-electron chi connectivity index (χ0n) is 5.31. The molecule has 0 aliphatic carbocycles. The van der Waals surface area contributed by atoms with Gasteiger partial charge in [0.1, 0.15) is 0 Å². The van der Waals surface area contributed by atoms with Crippen molar-refractivity contribution in [3.05, 3.63) is 24.3 Å². The second kappa shape index (κ2) is 3.88. The fourth-order valence-corrected chi connectivity index (χ4v) is 0.706. The summed E-state index contributed by atoms with van der Waals surface area (Å²) in [6.07, 6.45) is 3.92. The average Bonchev–Trinajstić information content (AvgIpc) is 1.65. The van der Waals surface area contributed by atoms with Gasteiger partial charge in [-0.3, -0.25) is 0 Å². The molecule has 0 aromatic rings. The molecule has 0 radical (unpaired) electrons. The average molecular weight is 145 g/mol. The molecule has 0 amide bonds. The fourth-order valence-electron chi connectivity index (χ4n) is 0.388. The first-order valence-electron chi connectivity index (χ1n) is 2.50. The van der Waals surface area contributed by atoms with Crippen LogP contribution in [-0.2, 0) is 17.0 Å². The van der Waals surface area contributed by atoms with Crippen molar-refractivity contribution in [2.24, 2.45) is 0 Å². The molecule has 0 aliphatic heterocycles. The van der Waals surface area contributed by atoms with E-state index in [1.54, 1.807) is 0 Å². The molecular weight excluding hydrogens is 135 g/mol. The van der Waals surface area contributed by atoms with Crippen LogP contribution in [0.15, 0.2) is 24.3 Å². The van der Waals surface area contributed by atoms with Gasteiger partial charge in [-0.05, 0) is 0 Å². The Morgan fingerprint density at radius 2 is 2.00 bits per heavy atom. The maximum absolute atomic E-state index is 3.63. The third kappa shape index (κ3) is 4.10. The van der Waals surface area contributed by atoms with Crippen LogP contribution in [-0.4, -0.2) is 4.23 Å². The van der Waals surface area contributed by atoms with Gasteiger partial charge in [0, 0.05) is 0 Å². The monoisotopic (exact) mass is 145 g/mol. The first kappa shape index (κ1) is 7.93. The van der Waals surface area contributed by atoms with Gasteiger partial charge in [-0.25, -0.2) is 0 Å². The summed E-state index contributed by atoms with van der Waals surface area (Å²) in [6.45, 7) is 7.71. The molecule has 0 rings (SSSR count). The van der Waals surface area contributed by atoms with Crippen LogP contribution in [0.2, 0.25) is 0 Å². The quantitative estimate of drug-likeness (QED) is 0.520. The van der Waals surface area contributed by atoms with Gasteiger partial charge in [-0.1, -0.05) is 0 Å². The molecule has 43 valence electrons. The van der Waals surface area contributed by atoms with Crippen molar-refractivity contribution in [3.63, 3.8) is 0 Å². The van der Waals surface area contributed by atoms with Crippen LogP contribution in [0.4, 0.5) is 0 Å². The molecule has 0 fully saturated rings. The minimum absolute atomic E-state index is 1.21. The van der Waals surface area contributed by atoms with E-state index in [4.69, 9.17) is 0 Å². The molecule has 0 aromatic carbocycles. The number of rotatable bonds is 2. The van der Waals surface area contributed by atoms with Crippen molar-refractivity contribution < 1.29 is 17.0 Å². The van der Waals surface area contributed by atoms with Crippen LogP contribution in [0, 0.1) is 0 Å². The Hall–Kier alpha value is -0.0656. The molecule has 0 aliphatic rings. The molecule has 0 spiro atoms. The van der Waals surface area contributed by atoms with E-state index in [2.05, 4.69) is 29.6 Å². The standard InChI is InChI=1S/C7H10.V/c1-4-6-7(3)5-2;/h5-6H,2H2,1,3H3;. The van der Waals surface area contributed by atoms with E-state index >= 15 is 0 Å². The fraction of sp³-hybridized carbons (Fsp3) is 0.286. The first-order chi connectivity index (χ1) is 3.66. The molecule has 0 saturated heterocycles. The van der Waals surface area contributed by atoms with Crippen molar-refractivity contribution in [3.8, 4) is 0 Å². The van der Waals surface area contributed by atoms with Gasteiger partial charge in [0.2, 0.25) is 0 Å². The first-order valence-corrected chi connectivity index (χ1v) is 3.20. The Balaban J connectivity index is 3.94. The van der Waals surface area contributed by atoms with E-state index in [1.807, 2.05) is 19.9 Å². The molecule has 8 heavy (non-hydrogen) atoms. The zero-order chi connectivity index (χ0) is 6.57. The molecule has 0 aromatic heterocycles. The summed E-state index contributed by atoms with van der Waals surface area (Å²) in [5.41, 5.74) is 1.21. The molecule has 0 N–H and O–H groups in total. The van der Waals surface area contributed by atoms with Gasteiger partial charge in [0.05, 0.1) is 0 Å². The van der Waals surface area contributed by atoms with Crippen molar-refractivity contribution in [2.75, 3.05) is 0 Å². The van der Waals surface area contributed by atoms with Crippen molar-refractivity contribution in [1.29, 1.82) is 0 Å². The minimum atomic E-state index is 1.21. The third-order valence-corrected chi connectivity index (χ3v) is 0.960. The molecule has 0 saturated carbocycles. The molecule has 0 bridgehead atoms. The Morgan fingerprint density at radius 3 is 2.12 bits per heavy atom.